The fourth-order valence-electron chi connectivity index (χ4n) is 3.05. The Kier molecular flexibility index (Phi) is 7.04. The third kappa shape index (κ3) is 4.70. The lowest BCUT2D eigenvalue weighted by Gasteiger charge is -2.15. The molecule has 0 bridgehead atoms. The minimum absolute atomic E-state index is 0.136. The maximum atomic E-state index is 11.6. The number of nitrogens with one attached hydrogen (secondary N) is 1. The van der Waals surface area contributed by atoms with Crippen LogP contribution in [0.4, 0.5) is 0 Å². The van der Waals surface area contributed by atoms with E-state index in [1.54, 1.807) is 0 Å². The molecule has 1 amide bonds. The Morgan fingerprint density at radius 3 is 2.71 bits per heavy atom. The molecule has 2 aromatic rings. The van der Waals surface area contributed by atoms with Crippen LogP contribution >= 0.6 is 0 Å². The largest absolute Gasteiger partial charge is 0.343 e. The molecule has 130 valence electrons. The van der Waals surface area contributed by atoms with Crippen molar-refractivity contribution in [1.82, 2.24) is 14.9 Å². The Hall–Kier alpha value is -2.10. The van der Waals surface area contributed by atoms with Gasteiger partial charge in [0.05, 0.1) is 17.1 Å². The van der Waals surface area contributed by atoms with Crippen LogP contribution in [0, 0.1) is 0 Å². The van der Waals surface area contributed by atoms with Gasteiger partial charge in [0, 0.05) is 6.54 Å². The highest BCUT2D eigenvalue weighted by Gasteiger charge is 2.17. The molecule has 1 N–H and O–H groups in total. The molecule has 0 aliphatic heterocycles. The number of carbonyl (C=O) groups excluding carboxylic acids is 1. The van der Waals surface area contributed by atoms with E-state index in [0.717, 1.165) is 29.8 Å². The van der Waals surface area contributed by atoms with Crippen molar-refractivity contribution in [2.24, 2.45) is 0 Å². The van der Waals surface area contributed by atoms with Gasteiger partial charge in [0.15, 0.2) is 0 Å². The average Bonchev–Trinajstić information content (AvgIpc) is 2.96. The zero-order valence-corrected chi connectivity index (χ0v) is 14.9. The molecule has 1 aromatic carbocycles. The zero-order valence-electron chi connectivity index (χ0n) is 14.9. The van der Waals surface area contributed by atoms with Gasteiger partial charge in [0.2, 0.25) is 5.91 Å². The average molecular weight is 327 g/mol. The number of aromatic nitrogens is 2. The van der Waals surface area contributed by atoms with Gasteiger partial charge in [0.1, 0.15) is 5.82 Å². The first-order chi connectivity index (χ1) is 11.7. The first-order valence-electron chi connectivity index (χ1n) is 9.05. The van der Waals surface area contributed by atoms with Crippen LogP contribution in [0.25, 0.3) is 11.0 Å². The topological polar surface area (TPSA) is 46.9 Å². The number of amides is 1. The first-order valence-corrected chi connectivity index (χ1v) is 9.05. The molecule has 0 saturated carbocycles. The highest BCUT2D eigenvalue weighted by molar-refractivity contribution is 5.87. The van der Waals surface area contributed by atoms with Crippen LogP contribution in [0.3, 0.4) is 0 Å². The number of unbranched alkanes of at least 4 members (excludes halogenated alkanes) is 5. The third-order valence-electron chi connectivity index (χ3n) is 4.35. The molecule has 1 heterocycles. The number of imidazole rings is 1. The monoisotopic (exact) mass is 327 g/mol. The quantitative estimate of drug-likeness (QED) is 0.505. The molecule has 4 heteroatoms. The summed E-state index contributed by atoms with van der Waals surface area (Å²) in [6.07, 6.45) is 8.88. The van der Waals surface area contributed by atoms with Crippen LogP contribution in [-0.2, 0) is 11.3 Å². The minimum Gasteiger partial charge on any atom is -0.343 e. The second-order valence-corrected chi connectivity index (χ2v) is 6.31. The van der Waals surface area contributed by atoms with E-state index in [9.17, 15) is 4.79 Å². The highest BCUT2D eigenvalue weighted by Crippen LogP contribution is 2.22. The normalized spacial score (nSPS) is 12.2. The predicted octanol–water partition coefficient (Wildman–Crippen LogP) is 4.76. The molecule has 0 aliphatic rings. The molecule has 0 fully saturated rings. The van der Waals surface area contributed by atoms with E-state index in [2.05, 4.69) is 29.5 Å². The van der Waals surface area contributed by atoms with Crippen LogP contribution in [0.1, 0.15) is 64.2 Å². The summed E-state index contributed by atoms with van der Waals surface area (Å²) in [7, 11) is 0. The lowest BCUT2D eigenvalue weighted by molar-refractivity contribution is -0.117. The maximum Gasteiger partial charge on any atom is 0.243 e. The molecule has 0 saturated heterocycles. The van der Waals surface area contributed by atoms with E-state index in [-0.39, 0.29) is 11.9 Å². The van der Waals surface area contributed by atoms with E-state index < -0.39 is 0 Å². The number of hydrogen-bond donors (Lipinski definition) is 1. The summed E-state index contributed by atoms with van der Waals surface area (Å²) in [5.41, 5.74) is 2.12. The van der Waals surface area contributed by atoms with Crippen LogP contribution in [0.15, 0.2) is 36.9 Å². The van der Waals surface area contributed by atoms with Gasteiger partial charge in [-0.3, -0.25) is 4.79 Å². The standard InChI is InChI=1S/C20H29N3O/c1-4-6-7-8-9-12-15-23-18-14-11-10-13-17(18)22-20(23)16(3)21-19(24)5-2/h5,10-11,13-14,16H,2,4,6-9,12,15H2,1,3H3,(H,21,24). The van der Waals surface area contributed by atoms with Crippen molar-refractivity contribution < 1.29 is 4.79 Å². The zero-order chi connectivity index (χ0) is 17.4. The van der Waals surface area contributed by atoms with Crippen LogP contribution < -0.4 is 5.32 Å². The Morgan fingerprint density at radius 1 is 1.25 bits per heavy atom. The Labute approximate surface area is 145 Å². The molecule has 4 nitrogen and oxygen atoms in total. The van der Waals surface area contributed by atoms with Gasteiger partial charge >= 0.3 is 0 Å². The second kappa shape index (κ2) is 9.26. The van der Waals surface area contributed by atoms with Crippen molar-refractivity contribution in [3.8, 4) is 0 Å². The van der Waals surface area contributed by atoms with Gasteiger partial charge in [-0.2, -0.15) is 0 Å². The fraction of sp³-hybridized carbons (Fsp3) is 0.500. The van der Waals surface area contributed by atoms with Gasteiger partial charge in [-0.1, -0.05) is 57.7 Å². The Balaban J connectivity index is 2.11. The summed E-state index contributed by atoms with van der Waals surface area (Å²) in [6, 6.07) is 8.03. The van der Waals surface area contributed by atoms with Crippen LogP contribution in [-0.4, -0.2) is 15.5 Å². The summed E-state index contributed by atoms with van der Waals surface area (Å²) < 4.78 is 2.25. The molecule has 0 spiro atoms. The van der Waals surface area contributed by atoms with Crippen molar-refractivity contribution in [3.05, 3.63) is 42.7 Å². The van der Waals surface area contributed by atoms with Crippen molar-refractivity contribution in [2.45, 2.75) is 65.0 Å². The number of aryl methyl sites for hydroxylation is 1. The van der Waals surface area contributed by atoms with Crippen molar-refractivity contribution in [3.63, 3.8) is 0 Å². The smallest absolute Gasteiger partial charge is 0.243 e. The predicted molar refractivity (Wildman–Crippen MR) is 99.9 cm³/mol. The molecule has 1 unspecified atom stereocenters. The third-order valence-corrected chi connectivity index (χ3v) is 4.35. The van der Waals surface area contributed by atoms with Gasteiger partial charge in [-0.15, -0.1) is 0 Å². The number of para-hydroxylation sites is 2. The van der Waals surface area contributed by atoms with Gasteiger partial charge in [-0.25, -0.2) is 4.98 Å². The Bertz CT molecular complexity index is 675. The van der Waals surface area contributed by atoms with E-state index in [1.807, 2.05) is 25.1 Å². The Morgan fingerprint density at radius 2 is 1.96 bits per heavy atom. The van der Waals surface area contributed by atoms with E-state index in [1.165, 1.54) is 38.2 Å². The molecule has 1 atom stereocenters. The lowest BCUT2D eigenvalue weighted by Crippen LogP contribution is -2.27. The van der Waals surface area contributed by atoms with Gasteiger partial charge < -0.3 is 9.88 Å². The summed E-state index contributed by atoms with van der Waals surface area (Å²) in [4.78, 5) is 16.4. The summed E-state index contributed by atoms with van der Waals surface area (Å²) >= 11 is 0. The van der Waals surface area contributed by atoms with Crippen molar-refractivity contribution >= 4 is 16.9 Å². The number of nitrogens with zero attached hydrogens (tertiary/aromatic N) is 2. The molecule has 0 aliphatic carbocycles. The maximum absolute atomic E-state index is 11.6. The molecule has 0 radical (unpaired) electrons. The van der Waals surface area contributed by atoms with Crippen molar-refractivity contribution in [1.29, 1.82) is 0 Å². The highest BCUT2D eigenvalue weighted by atomic mass is 16.1. The number of carbonyl (C=O) groups is 1. The molecule has 1 aromatic heterocycles. The van der Waals surface area contributed by atoms with E-state index in [0.29, 0.717) is 0 Å². The fourth-order valence-corrected chi connectivity index (χ4v) is 3.05. The van der Waals surface area contributed by atoms with E-state index in [4.69, 9.17) is 4.98 Å². The number of hydrogen-bond acceptors (Lipinski definition) is 2. The number of rotatable bonds is 10. The molecule has 2 rings (SSSR count). The lowest BCUT2D eigenvalue weighted by atomic mass is 10.1. The SMILES string of the molecule is C=CC(=O)NC(C)c1nc2ccccc2n1CCCCCCCC. The van der Waals surface area contributed by atoms with Crippen LogP contribution in [0.5, 0.6) is 0 Å². The minimum atomic E-state index is -0.166. The molecular formula is C20H29N3O. The second-order valence-electron chi connectivity index (χ2n) is 6.31. The summed E-state index contributed by atoms with van der Waals surface area (Å²) in [5, 5.41) is 2.93. The summed E-state index contributed by atoms with van der Waals surface area (Å²) in [6.45, 7) is 8.67. The van der Waals surface area contributed by atoms with Gasteiger partial charge in [-0.05, 0) is 31.6 Å². The first kappa shape index (κ1) is 18.2. The molecule has 24 heavy (non-hydrogen) atoms. The number of benzene rings is 1. The summed E-state index contributed by atoms with van der Waals surface area (Å²) in [5.74, 6) is 0.751. The van der Waals surface area contributed by atoms with Crippen LogP contribution in [0.2, 0.25) is 0 Å². The van der Waals surface area contributed by atoms with E-state index >= 15 is 0 Å². The molecular weight excluding hydrogens is 298 g/mol. The van der Waals surface area contributed by atoms with Gasteiger partial charge in [0.25, 0.3) is 0 Å². The number of fused-ring (bicyclic) bond motifs is 1. The van der Waals surface area contributed by atoms with Crippen molar-refractivity contribution in [2.75, 3.05) is 0 Å².